The summed E-state index contributed by atoms with van der Waals surface area (Å²) in [4.78, 5) is 35.8. The molecule has 1 N–H and O–H groups in total. The van der Waals surface area contributed by atoms with Crippen LogP contribution in [0, 0.1) is 10.1 Å². The van der Waals surface area contributed by atoms with Crippen LogP contribution in [0.3, 0.4) is 0 Å². The Morgan fingerprint density at radius 1 is 1.43 bits per heavy atom. The molecule has 124 valence electrons. The predicted molar refractivity (Wildman–Crippen MR) is 83.5 cm³/mol. The minimum absolute atomic E-state index is 0.0221. The third-order valence-electron chi connectivity index (χ3n) is 4.14. The largest absolute Gasteiger partial charge is 0.481 e. The maximum atomic E-state index is 12.6. The smallest absolute Gasteiger partial charge is 0.305 e. The van der Waals surface area contributed by atoms with Gasteiger partial charge in [-0.25, -0.2) is 0 Å². The molecule has 1 heterocycles. The molecule has 7 heteroatoms. The summed E-state index contributed by atoms with van der Waals surface area (Å²) in [5.41, 5.74) is 0.744. The average Bonchev–Trinajstić information content (AvgIpc) is 2.92. The van der Waals surface area contributed by atoms with E-state index in [1.165, 1.54) is 11.0 Å². The van der Waals surface area contributed by atoms with E-state index in [2.05, 4.69) is 0 Å². The number of carboxylic acids is 1. The Morgan fingerprint density at radius 2 is 2.13 bits per heavy atom. The summed E-state index contributed by atoms with van der Waals surface area (Å²) in [5.74, 6) is -1.31. The molecule has 1 aliphatic heterocycles. The molecule has 1 aliphatic rings. The summed E-state index contributed by atoms with van der Waals surface area (Å²) in [6, 6.07) is 4.15. The minimum Gasteiger partial charge on any atom is -0.481 e. The highest BCUT2D eigenvalue weighted by Crippen LogP contribution is 2.29. The van der Waals surface area contributed by atoms with E-state index in [0.29, 0.717) is 18.5 Å². The standard InChI is InChI=1S/C16H20N2O5/c1-10(2)13-6-5-11(8-14(13)18(22)23)16(21)17-7-3-4-12(17)9-15(19)20/h5-6,8,10,12H,3-4,7,9H2,1-2H3,(H,19,20). The lowest BCUT2D eigenvalue weighted by Crippen LogP contribution is -2.36. The second-order valence-electron chi connectivity index (χ2n) is 6.08. The van der Waals surface area contributed by atoms with Gasteiger partial charge in [0.05, 0.1) is 11.3 Å². The first-order valence-electron chi connectivity index (χ1n) is 7.62. The summed E-state index contributed by atoms with van der Waals surface area (Å²) < 4.78 is 0. The van der Waals surface area contributed by atoms with E-state index in [-0.39, 0.29) is 35.5 Å². The first-order chi connectivity index (χ1) is 10.8. The molecule has 0 spiro atoms. The number of hydrogen-bond donors (Lipinski definition) is 1. The van der Waals surface area contributed by atoms with Crippen molar-refractivity contribution in [2.45, 2.75) is 45.1 Å². The van der Waals surface area contributed by atoms with Crippen LogP contribution in [0.5, 0.6) is 0 Å². The molecule has 2 rings (SSSR count). The lowest BCUT2D eigenvalue weighted by atomic mass is 9.99. The highest BCUT2D eigenvalue weighted by Gasteiger charge is 2.32. The molecule has 1 aromatic rings. The Kier molecular flexibility index (Phi) is 4.98. The van der Waals surface area contributed by atoms with Crippen molar-refractivity contribution < 1.29 is 19.6 Å². The molecule has 1 amide bonds. The number of benzene rings is 1. The van der Waals surface area contributed by atoms with E-state index in [4.69, 9.17) is 5.11 Å². The normalized spacial score (nSPS) is 17.5. The zero-order valence-corrected chi connectivity index (χ0v) is 13.2. The molecular formula is C16H20N2O5. The van der Waals surface area contributed by atoms with E-state index >= 15 is 0 Å². The lowest BCUT2D eigenvalue weighted by molar-refractivity contribution is -0.385. The van der Waals surface area contributed by atoms with Crippen LogP contribution in [-0.4, -0.2) is 39.4 Å². The van der Waals surface area contributed by atoms with Crippen molar-refractivity contribution in [3.63, 3.8) is 0 Å². The molecule has 1 aromatic carbocycles. The first-order valence-corrected chi connectivity index (χ1v) is 7.62. The SMILES string of the molecule is CC(C)c1ccc(C(=O)N2CCCC2CC(=O)O)cc1[N+](=O)[O-]. The molecule has 1 saturated heterocycles. The molecule has 0 radical (unpaired) electrons. The van der Waals surface area contributed by atoms with Gasteiger partial charge in [-0.2, -0.15) is 0 Å². The van der Waals surface area contributed by atoms with Gasteiger partial charge in [0.1, 0.15) is 0 Å². The summed E-state index contributed by atoms with van der Waals surface area (Å²) >= 11 is 0. The van der Waals surface area contributed by atoms with Gasteiger partial charge in [-0.05, 0) is 24.8 Å². The van der Waals surface area contributed by atoms with E-state index in [9.17, 15) is 19.7 Å². The van der Waals surface area contributed by atoms with Crippen molar-refractivity contribution in [1.82, 2.24) is 4.90 Å². The van der Waals surface area contributed by atoms with Crippen molar-refractivity contribution >= 4 is 17.6 Å². The number of hydrogen-bond acceptors (Lipinski definition) is 4. The number of nitro groups is 1. The third-order valence-corrected chi connectivity index (χ3v) is 4.14. The van der Waals surface area contributed by atoms with Crippen LogP contribution in [0.25, 0.3) is 0 Å². The molecule has 23 heavy (non-hydrogen) atoms. The van der Waals surface area contributed by atoms with Crippen molar-refractivity contribution in [1.29, 1.82) is 0 Å². The monoisotopic (exact) mass is 320 g/mol. The highest BCUT2D eigenvalue weighted by molar-refractivity contribution is 5.95. The summed E-state index contributed by atoms with van der Waals surface area (Å²) in [6.45, 7) is 4.19. The first kappa shape index (κ1) is 16.9. The van der Waals surface area contributed by atoms with E-state index < -0.39 is 10.9 Å². The zero-order valence-electron chi connectivity index (χ0n) is 13.2. The fourth-order valence-electron chi connectivity index (χ4n) is 3.01. The number of carbonyl (C=O) groups excluding carboxylic acids is 1. The molecule has 1 atom stereocenters. The van der Waals surface area contributed by atoms with E-state index in [1.807, 2.05) is 13.8 Å². The molecule has 0 bridgehead atoms. The summed E-state index contributed by atoms with van der Waals surface area (Å²) in [7, 11) is 0. The number of nitrogens with zero attached hydrogens (tertiary/aromatic N) is 2. The van der Waals surface area contributed by atoms with Crippen LogP contribution in [0.15, 0.2) is 18.2 Å². The number of amides is 1. The van der Waals surface area contributed by atoms with Gasteiger partial charge in [0.2, 0.25) is 0 Å². The van der Waals surface area contributed by atoms with Crippen LogP contribution in [0.2, 0.25) is 0 Å². The maximum Gasteiger partial charge on any atom is 0.305 e. The van der Waals surface area contributed by atoms with E-state index in [0.717, 1.165) is 6.42 Å². The Labute approximate surface area is 134 Å². The lowest BCUT2D eigenvalue weighted by Gasteiger charge is -2.23. The number of rotatable bonds is 5. The van der Waals surface area contributed by atoms with Gasteiger partial charge in [0, 0.05) is 29.8 Å². The molecule has 0 aromatic heterocycles. The highest BCUT2D eigenvalue weighted by atomic mass is 16.6. The molecule has 1 unspecified atom stereocenters. The quantitative estimate of drug-likeness (QED) is 0.664. The van der Waals surface area contributed by atoms with Crippen LogP contribution < -0.4 is 0 Å². The van der Waals surface area contributed by atoms with Gasteiger partial charge < -0.3 is 10.0 Å². The van der Waals surface area contributed by atoms with Crippen LogP contribution >= 0.6 is 0 Å². The molecule has 7 nitrogen and oxygen atoms in total. The van der Waals surface area contributed by atoms with Gasteiger partial charge in [-0.3, -0.25) is 19.7 Å². The van der Waals surface area contributed by atoms with E-state index in [1.54, 1.807) is 12.1 Å². The van der Waals surface area contributed by atoms with Crippen molar-refractivity contribution in [3.8, 4) is 0 Å². The van der Waals surface area contributed by atoms with Crippen molar-refractivity contribution in [2.24, 2.45) is 0 Å². The van der Waals surface area contributed by atoms with Crippen molar-refractivity contribution in [3.05, 3.63) is 39.4 Å². The number of aliphatic carboxylic acids is 1. The zero-order chi connectivity index (χ0) is 17.1. The van der Waals surface area contributed by atoms with Gasteiger partial charge in [-0.1, -0.05) is 19.9 Å². The Morgan fingerprint density at radius 3 is 2.70 bits per heavy atom. The second-order valence-corrected chi connectivity index (χ2v) is 6.08. The average molecular weight is 320 g/mol. The number of nitro benzene ring substituents is 1. The maximum absolute atomic E-state index is 12.6. The Balaban J connectivity index is 2.30. The van der Waals surface area contributed by atoms with Crippen LogP contribution in [0.4, 0.5) is 5.69 Å². The Hall–Kier alpha value is -2.44. The molecule has 0 aliphatic carbocycles. The summed E-state index contributed by atoms with van der Waals surface area (Å²) in [6.07, 6.45) is 1.29. The van der Waals surface area contributed by atoms with Gasteiger partial charge in [-0.15, -0.1) is 0 Å². The third kappa shape index (κ3) is 3.67. The van der Waals surface area contributed by atoms with Crippen LogP contribution in [0.1, 0.15) is 54.9 Å². The second kappa shape index (κ2) is 6.76. The van der Waals surface area contributed by atoms with Gasteiger partial charge in [0.25, 0.3) is 11.6 Å². The Bertz CT molecular complexity index is 641. The van der Waals surface area contributed by atoms with Crippen LogP contribution in [-0.2, 0) is 4.79 Å². The number of likely N-dealkylation sites (tertiary alicyclic amines) is 1. The molecular weight excluding hydrogens is 300 g/mol. The minimum atomic E-state index is -0.948. The number of carbonyl (C=O) groups is 2. The topological polar surface area (TPSA) is 101 Å². The van der Waals surface area contributed by atoms with Crippen molar-refractivity contribution in [2.75, 3.05) is 6.54 Å². The molecule has 0 saturated carbocycles. The fourth-order valence-corrected chi connectivity index (χ4v) is 3.01. The molecule has 1 fully saturated rings. The summed E-state index contributed by atoms with van der Waals surface area (Å²) in [5, 5.41) is 20.2. The fraction of sp³-hybridized carbons (Fsp3) is 0.500. The number of carboxylic acid groups (broad SMARTS) is 1. The predicted octanol–water partition coefficient (Wildman–Crippen LogP) is 2.80. The van der Waals surface area contributed by atoms with Gasteiger partial charge >= 0.3 is 5.97 Å². The van der Waals surface area contributed by atoms with Gasteiger partial charge in [0.15, 0.2) is 0 Å².